The first-order chi connectivity index (χ1) is 16.0. The summed E-state index contributed by atoms with van der Waals surface area (Å²) in [5, 5.41) is 0. The third kappa shape index (κ3) is 8.01. The van der Waals surface area contributed by atoms with Crippen molar-refractivity contribution in [2.45, 2.75) is 19.6 Å². The summed E-state index contributed by atoms with van der Waals surface area (Å²) < 4.78 is 64.7. The fourth-order valence-corrected chi connectivity index (χ4v) is 4.56. The van der Waals surface area contributed by atoms with Crippen LogP contribution in [0.4, 0.5) is 0 Å². The smallest absolute Gasteiger partial charge is 0.744 e. The second-order valence-electron chi connectivity index (χ2n) is 6.99. The Morgan fingerprint density at radius 2 is 0.771 bits per heavy atom. The SMILES string of the molecule is O=S(=O)([O-])c1ccc(-c2ccccc2S)cc1.O=S(=O)([O-])c1ccc(-c2ccccc2S)cc1.[Zn+2]. The van der Waals surface area contributed by atoms with E-state index in [0.717, 1.165) is 32.0 Å². The average molecular weight is 596 g/mol. The molecule has 0 aliphatic carbocycles. The summed E-state index contributed by atoms with van der Waals surface area (Å²) in [6.07, 6.45) is 0. The zero-order valence-corrected chi connectivity index (χ0v) is 24.5. The number of benzene rings is 4. The predicted octanol–water partition coefficient (Wildman–Crippen LogP) is 5.09. The van der Waals surface area contributed by atoms with Crippen molar-refractivity contribution in [2.24, 2.45) is 0 Å². The van der Waals surface area contributed by atoms with E-state index < -0.39 is 20.2 Å². The first-order valence-electron chi connectivity index (χ1n) is 9.65. The molecule has 0 saturated heterocycles. The molecule has 4 aromatic carbocycles. The van der Waals surface area contributed by atoms with Crippen molar-refractivity contribution in [3.8, 4) is 22.3 Å². The molecule has 0 heterocycles. The molecule has 0 bridgehead atoms. The minimum absolute atomic E-state index is 0. The number of hydrogen-bond acceptors (Lipinski definition) is 8. The summed E-state index contributed by atoms with van der Waals surface area (Å²) in [4.78, 5) is 1.14. The van der Waals surface area contributed by atoms with Gasteiger partial charge in [-0.3, -0.25) is 0 Å². The van der Waals surface area contributed by atoms with Gasteiger partial charge in [-0.15, -0.1) is 25.3 Å². The molecule has 0 aliphatic heterocycles. The third-order valence-corrected chi connectivity index (χ3v) is 7.20. The topological polar surface area (TPSA) is 114 Å². The molecule has 4 rings (SSSR count). The van der Waals surface area contributed by atoms with Gasteiger partial charge in [0.05, 0.1) is 9.79 Å². The van der Waals surface area contributed by atoms with Gasteiger partial charge in [0, 0.05) is 9.79 Å². The summed E-state index contributed by atoms with van der Waals surface area (Å²) in [6.45, 7) is 0. The second-order valence-corrected chi connectivity index (χ2v) is 10.7. The van der Waals surface area contributed by atoms with Crippen LogP contribution in [0, 0.1) is 0 Å². The van der Waals surface area contributed by atoms with E-state index >= 15 is 0 Å². The molecule has 0 unspecified atom stereocenters. The van der Waals surface area contributed by atoms with Crippen LogP contribution in [0.15, 0.2) is 117 Å². The van der Waals surface area contributed by atoms with Gasteiger partial charge < -0.3 is 9.11 Å². The van der Waals surface area contributed by atoms with Crippen LogP contribution in [0.3, 0.4) is 0 Å². The molecule has 11 heteroatoms. The van der Waals surface area contributed by atoms with E-state index in [0.29, 0.717) is 0 Å². The van der Waals surface area contributed by atoms with Crippen molar-refractivity contribution in [2.75, 3.05) is 0 Å². The number of thiol groups is 2. The minimum atomic E-state index is -4.38. The molecule has 6 nitrogen and oxygen atoms in total. The van der Waals surface area contributed by atoms with Crippen molar-refractivity contribution < 1.29 is 45.4 Å². The summed E-state index contributed by atoms with van der Waals surface area (Å²) in [5.41, 5.74) is 3.43. The average Bonchev–Trinajstić information content (AvgIpc) is 2.79. The molecule has 0 atom stereocenters. The molecule has 176 valence electrons. The third-order valence-electron chi connectivity index (χ3n) is 4.72. The molecule has 35 heavy (non-hydrogen) atoms. The van der Waals surface area contributed by atoms with E-state index in [9.17, 15) is 25.9 Å². The Bertz CT molecular complexity index is 1390. The van der Waals surface area contributed by atoms with Gasteiger partial charge >= 0.3 is 19.5 Å². The Balaban J connectivity index is 0.000000240. The standard InChI is InChI=1S/2C12H10O3S2.Zn/c2*13-17(14,15)10-7-5-9(6-8-10)11-3-1-2-4-12(11)16;/h2*1-8,16H,(H,13,14,15);/q;;+2/p-2. The van der Waals surface area contributed by atoms with Crippen LogP contribution < -0.4 is 0 Å². The van der Waals surface area contributed by atoms with E-state index in [1.807, 2.05) is 48.5 Å². The number of hydrogen-bond donors (Lipinski definition) is 2. The molecule has 0 radical (unpaired) electrons. The fraction of sp³-hybridized carbons (Fsp3) is 0. The normalized spacial score (nSPS) is 11.1. The Kier molecular flexibility index (Phi) is 10.3. The molecular weight excluding hydrogens is 578 g/mol. The fourth-order valence-electron chi connectivity index (χ4n) is 3.04. The monoisotopic (exact) mass is 594 g/mol. The van der Waals surface area contributed by atoms with Crippen LogP contribution in [0.1, 0.15) is 0 Å². The summed E-state index contributed by atoms with van der Waals surface area (Å²) in [7, 11) is -8.76. The van der Waals surface area contributed by atoms with Crippen molar-refractivity contribution in [1.82, 2.24) is 0 Å². The van der Waals surface area contributed by atoms with E-state index in [2.05, 4.69) is 25.3 Å². The Hall–Kier alpha value is -1.98. The summed E-state index contributed by atoms with van der Waals surface area (Å²) in [5.74, 6) is 0. The van der Waals surface area contributed by atoms with Crippen LogP contribution in [0.2, 0.25) is 0 Å². The van der Waals surface area contributed by atoms with Gasteiger partial charge in [-0.1, -0.05) is 60.7 Å². The predicted molar refractivity (Wildman–Crippen MR) is 134 cm³/mol. The zero-order chi connectivity index (χ0) is 24.9. The van der Waals surface area contributed by atoms with E-state index in [1.165, 1.54) is 24.3 Å². The molecule has 4 aromatic rings. The Morgan fingerprint density at radius 3 is 1.03 bits per heavy atom. The number of rotatable bonds is 4. The van der Waals surface area contributed by atoms with Gasteiger partial charge in [0.2, 0.25) is 0 Å². The Morgan fingerprint density at radius 1 is 0.486 bits per heavy atom. The molecule has 0 spiro atoms. The van der Waals surface area contributed by atoms with Gasteiger partial charge in [-0.25, -0.2) is 16.8 Å². The van der Waals surface area contributed by atoms with E-state index in [4.69, 9.17) is 0 Å². The van der Waals surface area contributed by atoms with Crippen LogP contribution in [0.25, 0.3) is 22.3 Å². The molecular formula is C24H18O6S4Zn. The van der Waals surface area contributed by atoms with Crippen LogP contribution in [-0.4, -0.2) is 25.9 Å². The first-order valence-corrected chi connectivity index (χ1v) is 13.4. The van der Waals surface area contributed by atoms with Crippen LogP contribution >= 0.6 is 25.3 Å². The van der Waals surface area contributed by atoms with Gasteiger partial charge in [-0.05, 0) is 58.7 Å². The minimum Gasteiger partial charge on any atom is -0.744 e. The first kappa shape index (κ1) is 29.3. The molecule has 0 amide bonds. The summed E-state index contributed by atoms with van der Waals surface area (Å²) >= 11 is 8.62. The van der Waals surface area contributed by atoms with Gasteiger partial charge in [-0.2, -0.15) is 0 Å². The van der Waals surface area contributed by atoms with Crippen molar-refractivity contribution in [3.63, 3.8) is 0 Å². The molecule has 0 aliphatic rings. The Labute approximate surface area is 228 Å². The van der Waals surface area contributed by atoms with E-state index in [-0.39, 0.29) is 29.3 Å². The van der Waals surface area contributed by atoms with Gasteiger partial charge in [0.15, 0.2) is 0 Å². The zero-order valence-electron chi connectivity index (χ0n) is 18.1. The largest absolute Gasteiger partial charge is 2.00 e. The quantitative estimate of drug-likeness (QED) is 0.193. The van der Waals surface area contributed by atoms with Crippen LogP contribution in [-0.2, 0) is 39.7 Å². The second kappa shape index (κ2) is 12.3. The maximum Gasteiger partial charge on any atom is 2.00 e. The summed E-state index contributed by atoms with van der Waals surface area (Å²) in [6, 6.07) is 26.5. The van der Waals surface area contributed by atoms with Crippen molar-refractivity contribution in [3.05, 3.63) is 97.1 Å². The van der Waals surface area contributed by atoms with Crippen molar-refractivity contribution >= 4 is 45.5 Å². The van der Waals surface area contributed by atoms with Crippen LogP contribution in [0.5, 0.6) is 0 Å². The maximum absolute atomic E-state index is 10.8. The molecule has 0 N–H and O–H groups in total. The molecule has 0 fully saturated rings. The molecule has 0 aromatic heterocycles. The van der Waals surface area contributed by atoms with E-state index in [1.54, 1.807) is 24.3 Å². The van der Waals surface area contributed by atoms with Crippen molar-refractivity contribution in [1.29, 1.82) is 0 Å². The maximum atomic E-state index is 10.8. The van der Waals surface area contributed by atoms with Gasteiger partial charge in [0.1, 0.15) is 20.2 Å². The van der Waals surface area contributed by atoms with Gasteiger partial charge in [0.25, 0.3) is 0 Å². The molecule has 0 saturated carbocycles.